The molecule has 2 aromatic rings. The summed E-state index contributed by atoms with van der Waals surface area (Å²) in [5.41, 5.74) is 3.15. The van der Waals surface area contributed by atoms with Gasteiger partial charge in [-0.15, -0.1) is 11.8 Å². The first kappa shape index (κ1) is 23.0. The molecule has 0 saturated carbocycles. The first-order valence-corrected chi connectivity index (χ1v) is 11.2. The zero-order chi connectivity index (χ0) is 21.2. The van der Waals surface area contributed by atoms with Crippen molar-refractivity contribution in [1.82, 2.24) is 4.90 Å². The van der Waals surface area contributed by atoms with E-state index in [1.165, 1.54) is 5.56 Å². The van der Waals surface area contributed by atoms with Crippen molar-refractivity contribution in [2.75, 3.05) is 38.3 Å². The number of rotatable bonds is 10. The van der Waals surface area contributed by atoms with Crippen molar-refractivity contribution in [3.8, 4) is 0 Å². The van der Waals surface area contributed by atoms with Crippen molar-refractivity contribution >= 4 is 29.3 Å². The molecule has 5 nitrogen and oxygen atoms in total. The second-order valence-corrected chi connectivity index (χ2v) is 8.21. The number of carbonyl (C=O) groups is 2. The molecule has 0 radical (unpaired) electrons. The summed E-state index contributed by atoms with van der Waals surface area (Å²) in [5, 5.41) is 2.96. The lowest BCUT2D eigenvalue weighted by molar-refractivity contribution is -0.862. The van der Waals surface area contributed by atoms with Crippen LogP contribution in [0.15, 0.2) is 53.4 Å². The third kappa shape index (κ3) is 7.55. The van der Waals surface area contributed by atoms with E-state index in [2.05, 4.69) is 43.4 Å². The maximum absolute atomic E-state index is 12.8. The average molecular weight is 415 g/mol. The Kier molecular flexibility index (Phi) is 9.22. The lowest BCUT2D eigenvalue weighted by Crippen LogP contribution is -3.11. The number of carbonyl (C=O) groups excluding carboxylic acids is 2. The van der Waals surface area contributed by atoms with Crippen LogP contribution in [0.5, 0.6) is 0 Å². The minimum absolute atomic E-state index is 0.0715. The summed E-state index contributed by atoms with van der Waals surface area (Å²) in [7, 11) is 1.88. The van der Waals surface area contributed by atoms with E-state index in [1.54, 1.807) is 11.8 Å². The Hall–Kier alpha value is -2.31. The molecule has 156 valence electrons. The highest BCUT2D eigenvalue weighted by Crippen LogP contribution is 2.24. The number of nitrogens with one attached hydrogen (secondary N) is 2. The van der Waals surface area contributed by atoms with Crippen LogP contribution in [-0.4, -0.2) is 49.7 Å². The number of anilines is 1. The molecule has 0 aromatic heterocycles. The minimum atomic E-state index is -0.0858. The van der Waals surface area contributed by atoms with Crippen LogP contribution >= 0.6 is 11.8 Å². The molecule has 1 atom stereocenters. The fourth-order valence-corrected chi connectivity index (χ4v) is 3.68. The van der Waals surface area contributed by atoms with E-state index in [9.17, 15) is 9.59 Å². The van der Waals surface area contributed by atoms with Gasteiger partial charge in [0, 0.05) is 18.0 Å². The summed E-state index contributed by atoms with van der Waals surface area (Å²) in [6, 6.07) is 16.0. The largest absolute Gasteiger partial charge is 0.333 e. The SMILES string of the molecule is CCCN(Cc1ccc(C)cc1)C(=O)C[NH+](C)CC(=O)Nc1ccccc1SC. The van der Waals surface area contributed by atoms with Crippen LogP contribution in [0.1, 0.15) is 24.5 Å². The van der Waals surface area contributed by atoms with Gasteiger partial charge in [-0.05, 0) is 37.3 Å². The van der Waals surface area contributed by atoms with Crippen LogP contribution in [0.3, 0.4) is 0 Å². The summed E-state index contributed by atoms with van der Waals surface area (Å²) >= 11 is 1.60. The summed E-state index contributed by atoms with van der Waals surface area (Å²) in [4.78, 5) is 29.0. The molecule has 2 rings (SSSR count). The van der Waals surface area contributed by atoms with Gasteiger partial charge in [-0.1, -0.05) is 48.9 Å². The van der Waals surface area contributed by atoms with Gasteiger partial charge in [-0.25, -0.2) is 0 Å². The maximum atomic E-state index is 12.8. The van der Waals surface area contributed by atoms with Gasteiger partial charge in [-0.2, -0.15) is 0 Å². The Labute approximate surface area is 178 Å². The van der Waals surface area contributed by atoms with Gasteiger partial charge in [0.2, 0.25) is 0 Å². The van der Waals surface area contributed by atoms with Gasteiger partial charge in [0.1, 0.15) is 0 Å². The molecule has 0 aliphatic heterocycles. The smallest absolute Gasteiger partial charge is 0.279 e. The molecule has 0 spiro atoms. The molecule has 0 aliphatic carbocycles. The van der Waals surface area contributed by atoms with Crippen LogP contribution in [0.4, 0.5) is 5.69 Å². The monoisotopic (exact) mass is 414 g/mol. The second kappa shape index (κ2) is 11.6. The number of quaternary nitrogens is 1. The number of amides is 2. The molecule has 2 amide bonds. The second-order valence-electron chi connectivity index (χ2n) is 7.36. The van der Waals surface area contributed by atoms with E-state index >= 15 is 0 Å². The fourth-order valence-electron chi connectivity index (χ4n) is 3.12. The first-order valence-electron chi connectivity index (χ1n) is 10.0. The molecular formula is C23H32N3O2S+. The summed E-state index contributed by atoms with van der Waals surface area (Å²) < 4.78 is 0. The molecule has 0 bridgehead atoms. The molecule has 2 aromatic carbocycles. The number of benzene rings is 2. The number of thioether (sulfide) groups is 1. The molecule has 0 saturated heterocycles. The Morgan fingerprint density at radius 3 is 2.41 bits per heavy atom. The Morgan fingerprint density at radius 2 is 1.76 bits per heavy atom. The highest BCUT2D eigenvalue weighted by atomic mass is 32.2. The van der Waals surface area contributed by atoms with Crippen LogP contribution in [-0.2, 0) is 16.1 Å². The number of nitrogens with zero attached hydrogens (tertiary/aromatic N) is 1. The molecule has 0 heterocycles. The van der Waals surface area contributed by atoms with Crippen LogP contribution < -0.4 is 10.2 Å². The van der Waals surface area contributed by atoms with Gasteiger partial charge in [0.15, 0.2) is 13.1 Å². The molecule has 29 heavy (non-hydrogen) atoms. The third-order valence-corrected chi connectivity index (χ3v) is 5.43. The number of hydrogen-bond acceptors (Lipinski definition) is 3. The molecule has 6 heteroatoms. The van der Waals surface area contributed by atoms with Crippen molar-refractivity contribution < 1.29 is 14.5 Å². The minimum Gasteiger partial charge on any atom is -0.333 e. The summed E-state index contributed by atoms with van der Waals surface area (Å²) in [6.07, 6.45) is 2.89. The molecular weight excluding hydrogens is 382 g/mol. The Bertz CT molecular complexity index is 808. The average Bonchev–Trinajstić information content (AvgIpc) is 2.69. The standard InChI is InChI=1S/C23H31N3O2S/c1-5-14-26(15-19-12-10-18(2)11-13-19)23(28)17-25(3)16-22(27)24-20-8-6-7-9-21(20)29-4/h6-13H,5,14-17H2,1-4H3,(H,24,27)/p+1. The van der Waals surface area contributed by atoms with E-state index in [1.807, 2.05) is 42.5 Å². The number of likely N-dealkylation sites (N-methyl/N-ethyl adjacent to an activating group) is 1. The predicted octanol–water partition coefficient (Wildman–Crippen LogP) is 2.61. The van der Waals surface area contributed by atoms with Gasteiger partial charge in [0.05, 0.1) is 12.7 Å². The summed E-state index contributed by atoms with van der Waals surface area (Å²) in [6.45, 7) is 5.99. The van der Waals surface area contributed by atoms with E-state index < -0.39 is 0 Å². The topological polar surface area (TPSA) is 53.9 Å². The van der Waals surface area contributed by atoms with Crippen molar-refractivity contribution in [3.05, 3.63) is 59.7 Å². The van der Waals surface area contributed by atoms with E-state index in [-0.39, 0.29) is 18.4 Å². The third-order valence-electron chi connectivity index (χ3n) is 4.64. The van der Waals surface area contributed by atoms with Gasteiger partial charge in [0.25, 0.3) is 11.8 Å². The maximum Gasteiger partial charge on any atom is 0.279 e. The van der Waals surface area contributed by atoms with E-state index in [0.29, 0.717) is 19.6 Å². The normalized spacial score (nSPS) is 11.7. The zero-order valence-electron chi connectivity index (χ0n) is 17.8. The van der Waals surface area contributed by atoms with E-state index in [4.69, 9.17) is 0 Å². The quantitative estimate of drug-likeness (QED) is 0.588. The fraction of sp³-hybridized carbons (Fsp3) is 0.391. The first-order chi connectivity index (χ1) is 13.9. The number of para-hydroxylation sites is 1. The van der Waals surface area contributed by atoms with Crippen molar-refractivity contribution in [2.45, 2.75) is 31.7 Å². The van der Waals surface area contributed by atoms with Crippen molar-refractivity contribution in [3.63, 3.8) is 0 Å². The Balaban J connectivity index is 1.90. The highest BCUT2D eigenvalue weighted by Gasteiger charge is 2.20. The van der Waals surface area contributed by atoms with E-state index in [0.717, 1.165) is 27.5 Å². The van der Waals surface area contributed by atoms with Gasteiger partial charge >= 0.3 is 0 Å². The summed E-state index contributed by atoms with van der Waals surface area (Å²) in [5.74, 6) is -0.0142. The molecule has 0 fully saturated rings. The molecule has 2 N–H and O–H groups in total. The van der Waals surface area contributed by atoms with Crippen LogP contribution in [0.2, 0.25) is 0 Å². The van der Waals surface area contributed by atoms with Crippen molar-refractivity contribution in [1.29, 1.82) is 0 Å². The lowest BCUT2D eigenvalue weighted by atomic mass is 10.1. The zero-order valence-corrected chi connectivity index (χ0v) is 18.6. The van der Waals surface area contributed by atoms with Crippen LogP contribution in [0.25, 0.3) is 0 Å². The number of hydrogen-bond donors (Lipinski definition) is 2. The lowest BCUT2D eigenvalue weighted by Gasteiger charge is -2.24. The number of aryl methyl sites for hydroxylation is 1. The molecule has 1 unspecified atom stereocenters. The van der Waals surface area contributed by atoms with Crippen molar-refractivity contribution in [2.24, 2.45) is 0 Å². The van der Waals surface area contributed by atoms with Crippen LogP contribution in [0, 0.1) is 6.92 Å². The van der Waals surface area contributed by atoms with Gasteiger partial charge < -0.3 is 15.1 Å². The highest BCUT2D eigenvalue weighted by molar-refractivity contribution is 7.98. The Morgan fingerprint density at radius 1 is 1.07 bits per heavy atom. The predicted molar refractivity (Wildman–Crippen MR) is 120 cm³/mol. The van der Waals surface area contributed by atoms with Gasteiger partial charge in [-0.3, -0.25) is 9.59 Å². The molecule has 0 aliphatic rings.